The summed E-state index contributed by atoms with van der Waals surface area (Å²) in [4.78, 5) is 4.68. The van der Waals surface area contributed by atoms with Gasteiger partial charge in [0.15, 0.2) is 0 Å². The standard InChI is InChI=1S/C28H43NO/c1-4-6-7-8-11-15-25-16-21-28(29-23-25)26-17-19-27(20-18-26)30-22-12-9-10-14-24(3)13-5-2/h16-21,23-24H,4-15,22H2,1-3H3. The first-order valence-electron chi connectivity index (χ1n) is 12.4. The topological polar surface area (TPSA) is 22.1 Å². The summed E-state index contributed by atoms with van der Waals surface area (Å²) < 4.78 is 5.92. The van der Waals surface area contributed by atoms with Gasteiger partial charge in [0.2, 0.25) is 0 Å². The van der Waals surface area contributed by atoms with Crippen LogP contribution in [0.25, 0.3) is 11.3 Å². The molecule has 2 heteroatoms. The zero-order valence-electron chi connectivity index (χ0n) is 19.7. The van der Waals surface area contributed by atoms with Gasteiger partial charge in [0.05, 0.1) is 12.3 Å². The van der Waals surface area contributed by atoms with E-state index >= 15 is 0 Å². The van der Waals surface area contributed by atoms with Crippen molar-refractivity contribution in [2.75, 3.05) is 6.61 Å². The van der Waals surface area contributed by atoms with Gasteiger partial charge in [-0.25, -0.2) is 0 Å². The number of aryl methyl sites for hydroxylation is 1. The molecule has 0 amide bonds. The van der Waals surface area contributed by atoms with E-state index in [0.29, 0.717) is 0 Å². The van der Waals surface area contributed by atoms with Crippen LogP contribution in [-0.2, 0) is 6.42 Å². The zero-order chi connectivity index (χ0) is 21.4. The molecule has 2 rings (SSSR count). The van der Waals surface area contributed by atoms with Crippen LogP contribution in [0.1, 0.15) is 97.0 Å². The summed E-state index contributed by atoms with van der Waals surface area (Å²) in [6, 6.07) is 12.8. The maximum Gasteiger partial charge on any atom is 0.119 e. The van der Waals surface area contributed by atoms with Crippen molar-refractivity contribution in [3.8, 4) is 17.0 Å². The lowest BCUT2D eigenvalue weighted by molar-refractivity contribution is 0.302. The summed E-state index contributed by atoms with van der Waals surface area (Å²) >= 11 is 0. The fraction of sp³-hybridized carbons (Fsp3) is 0.607. The van der Waals surface area contributed by atoms with E-state index in [-0.39, 0.29) is 0 Å². The molecule has 1 atom stereocenters. The molecule has 0 spiro atoms. The van der Waals surface area contributed by atoms with Gasteiger partial charge in [0, 0.05) is 11.8 Å². The Hall–Kier alpha value is -1.83. The van der Waals surface area contributed by atoms with Crippen LogP contribution >= 0.6 is 0 Å². The lowest BCUT2D eigenvalue weighted by Gasteiger charge is -2.10. The predicted octanol–water partition coefficient (Wildman–Crippen LogP) is 8.64. The van der Waals surface area contributed by atoms with E-state index in [0.717, 1.165) is 42.4 Å². The molecule has 0 aliphatic rings. The van der Waals surface area contributed by atoms with Crippen molar-refractivity contribution in [3.63, 3.8) is 0 Å². The van der Waals surface area contributed by atoms with Crippen LogP contribution in [0.3, 0.4) is 0 Å². The summed E-state index contributed by atoms with van der Waals surface area (Å²) in [5, 5.41) is 0. The molecule has 0 radical (unpaired) electrons. The molecule has 2 aromatic rings. The molecule has 166 valence electrons. The molecule has 1 unspecified atom stereocenters. The first kappa shape index (κ1) is 24.4. The molecule has 0 fully saturated rings. The number of rotatable bonds is 16. The number of pyridine rings is 1. The Kier molecular flexibility index (Phi) is 12.3. The van der Waals surface area contributed by atoms with Crippen LogP contribution in [0.4, 0.5) is 0 Å². The minimum atomic E-state index is 0.812. The Balaban J connectivity index is 1.67. The van der Waals surface area contributed by atoms with E-state index in [1.807, 2.05) is 6.20 Å². The number of nitrogens with zero attached hydrogens (tertiary/aromatic N) is 1. The highest BCUT2D eigenvalue weighted by Gasteiger charge is 2.03. The quantitative estimate of drug-likeness (QED) is 0.259. The predicted molar refractivity (Wildman–Crippen MR) is 130 cm³/mol. The Bertz CT molecular complexity index is 662. The molecule has 0 N–H and O–H groups in total. The van der Waals surface area contributed by atoms with Gasteiger partial charge in [-0.1, -0.05) is 84.6 Å². The summed E-state index contributed by atoms with van der Waals surface area (Å²) in [5.74, 6) is 1.83. The molecule has 0 aliphatic heterocycles. The third kappa shape index (κ3) is 9.78. The van der Waals surface area contributed by atoms with Crippen molar-refractivity contribution in [1.29, 1.82) is 0 Å². The molecule has 0 saturated heterocycles. The lowest BCUT2D eigenvalue weighted by Crippen LogP contribution is -1.99. The Morgan fingerprint density at radius 3 is 2.23 bits per heavy atom. The van der Waals surface area contributed by atoms with Crippen molar-refractivity contribution < 1.29 is 4.74 Å². The smallest absolute Gasteiger partial charge is 0.119 e. The molecular formula is C28H43NO. The number of benzene rings is 1. The van der Waals surface area contributed by atoms with Crippen LogP contribution < -0.4 is 4.74 Å². The number of hydrogen-bond acceptors (Lipinski definition) is 2. The monoisotopic (exact) mass is 409 g/mol. The molecule has 1 heterocycles. The van der Waals surface area contributed by atoms with Gasteiger partial charge in [-0.2, -0.15) is 0 Å². The number of hydrogen-bond donors (Lipinski definition) is 0. The maximum atomic E-state index is 5.92. The number of aromatic nitrogens is 1. The first-order valence-corrected chi connectivity index (χ1v) is 12.4. The second kappa shape index (κ2) is 15.0. The zero-order valence-corrected chi connectivity index (χ0v) is 19.7. The van der Waals surface area contributed by atoms with Crippen molar-refractivity contribution in [3.05, 3.63) is 48.2 Å². The lowest BCUT2D eigenvalue weighted by atomic mass is 9.99. The molecule has 1 aromatic carbocycles. The van der Waals surface area contributed by atoms with Crippen LogP contribution in [0, 0.1) is 5.92 Å². The van der Waals surface area contributed by atoms with Crippen LogP contribution in [0.15, 0.2) is 42.6 Å². The van der Waals surface area contributed by atoms with Crippen LogP contribution in [-0.4, -0.2) is 11.6 Å². The molecular weight excluding hydrogens is 366 g/mol. The first-order chi connectivity index (χ1) is 14.7. The van der Waals surface area contributed by atoms with Gasteiger partial charge >= 0.3 is 0 Å². The van der Waals surface area contributed by atoms with Gasteiger partial charge in [-0.05, 0) is 61.1 Å². The molecule has 1 aromatic heterocycles. The summed E-state index contributed by atoms with van der Waals surface area (Å²) in [6.07, 6.45) is 17.5. The molecule has 0 bridgehead atoms. The summed E-state index contributed by atoms with van der Waals surface area (Å²) in [5.41, 5.74) is 3.54. The van der Waals surface area contributed by atoms with E-state index in [9.17, 15) is 0 Å². The Morgan fingerprint density at radius 2 is 1.53 bits per heavy atom. The fourth-order valence-electron chi connectivity index (χ4n) is 4.00. The van der Waals surface area contributed by atoms with Gasteiger partial charge in [0.1, 0.15) is 5.75 Å². The van der Waals surface area contributed by atoms with E-state index in [2.05, 4.69) is 62.2 Å². The average molecular weight is 410 g/mol. The van der Waals surface area contributed by atoms with Gasteiger partial charge in [-0.15, -0.1) is 0 Å². The fourth-order valence-corrected chi connectivity index (χ4v) is 4.00. The normalized spacial score (nSPS) is 12.1. The van der Waals surface area contributed by atoms with Gasteiger partial charge < -0.3 is 4.74 Å². The second-order valence-corrected chi connectivity index (χ2v) is 8.83. The van der Waals surface area contributed by atoms with E-state index < -0.39 is 0 Å². The highest BCUT2D eigenvalue weighted by atomic mass is 16.5. The minimum absolute atomic E-state index is 0.812. The molecule has 30 heavy (non-hydrogen) atoms. The van der Waals surface area contributed by atoms with Crippen LogP contribution in [0.5, 0.6) is 5.75 Å². The number of unbranched alkanes of at least 4 members (excludes halogenated alkanes) is 6. The van der Waals surface area contributed by atoms with E-state index in [1.165, 1.54) is 69.8 Å². The third-order valence-electron chi connectivity index (χ3n) is 5.94. The van der Waals surface area contributed by atoms with Gasteiger partial charge in [0.25, 0.3) is 0 Å². The van der Waals surface area contributed by atoms with Crippen molar-refractivity contribution >= 4 is 0 Å². The van der Waals surface area contributed by atoms with E-state index in [4.69, 9.17) is 4.74 Å². The maximum absolute atomic E-state index is 5.92. The molecule has 2 nitrogen and oxygen atoms in total. The second-order valence-electron chi connectivity index (χ2n) is 8.83. The Morgan fingerprint density at radius 1 is 0.767 bits per heavy atom. The summed E-state index contributed by atoms with van der Waals surface area (Å²) in [7, 11) is 0. The van der Waals surface area contributed by atoms with Crippen LogP contribution in [0.2, 0.25) is 0 Å². The molecule has 0 saturated carbocycles. The van der Waals surface area contributed by atoms with Crippen molar-refractivity contribution in [2.45, 2.75) is 97.8 Å². The van der Waals surface area contributed by atoms with E-state index in [1.54, 1.807) is 0 Å². The average Bonchev–Trinajstić information content (AvgIpc) is 2.77. The SMILES string of the molecule is CCCCCCCc1ccc(-c2ccc(OCCCCCC(C)CCC)cc2)nc1. The minimum Gasteiger partial charge on any atom is -0.494 e. The largest absolute Gasteiger partial charge is 0.494 e. The van der Waals surface area contributed by atoms with Crippen molar-refractivity contribution in [2.24, 2.45) is 5.92 Å². The highest BCUT2D eigenvalue weighted by molar-refractivity contribution is 5.60. The van der Waals surface area contributed by atoms with Gasteiger partial charge in [-0.3, -0.25) is 4.98 Å². The number of ether oxygens (including phenoxy) is 1. The molecule has 0 aliphatic carbocycles. The highest BCUT2D eigenvalue weighted by Crippen LogP contribution is 2.22. The summed E-state index contributed by atoms with van der Waals surface area (Å²) in [6.45, 7) is 7.72. The van der Waals surface area contributed by atoms with Crippen molar-refractivity contribution in [1.82, 2.24) is 4.98 Å². The third-order valence-corrected chi connectivity index (χ3v) is 5.94. The Labute approximate surface area is 185 Å².